The zero-order valence-electron chi connectivity index (χ0n) is 29.9. The Morgan fingerprint density at radius 3 is 1.69 bits per heavy atom. The van der Waals surface area contributed by atoms with Gasteiger partial charge in [-0.2, -0.15) is 0 Å². The summed E-state index contributed by atoms with van der Waals surface area (Å²) in [5.41, 5.74) is 13.2. The normalized spacial score (nSPS) is 11.6. The minimum absolute atomic E-state index is 0.908. The van der Waals surface area contributed by atoms with E-state index in [1.807, 2.05) is 12.1 Å². The summed E-state index contributed by atoms with van der Waals surface area (Å²) < 4.78 is 8.78. The summed E-state index contributed by atoms with van der Waals surface area (Å²) in [7, 11) is 0. The van der Waals surface area contributed by atoms with Gasteiger partial charge in [0.25, 0.3) is 0 Å². The molecule has 0 bridgehead atoms. The van der Waals surface area contributed by atoms with Gasteiger partial charge in [-0.3, -0.25) is 0 Å². The Morgan fingerprint density at radius 1 is 0.382 bits per heavy atom. The number of nitrogens with zero attached hydrogens (tertiary/aromatic N) is 2. The highest BCUT2D eigenvalue weighted by molar-refractivity contribution is 6.10. The molecule has 11 rings (SSSR count). The highest BCUT2D eigenvalue weighted by atomic mass is 16.3. The lowest BCUT2D eigenvalue weighted by atomic mass is 10.0. The molecule has 0 N–H and O–H groups in total. The van der Waals surface area contributed by atoms with E-state index in [-0.39, 0.29) is 0 Å². The van der Waals surface area contributed by atoms with E-state index >= 15 is 0 Å². The predicted octanol–water partition coefficient (Wildman–Crippen LogP) is 14.6. The smallest absolute Gasteiger partial charge is 0.143 e. The molecular formula is C52H34N2O. The first-order valence-electron chi connectivity index (χ1n) is 18.8. The first-order chi connectivity index (χ1) is 27.3. The summed E-state index contributed by atoms with van der Waals surface area (Å²) in [6, 6.07) is 73.9. The van der Waals surface area contributed by atoms with E-state index in [1.54, 1.807) is 0 Å². The van der Waals surface area contributed by atoms with E-state index in [0.717, 1.165) is 55.8 Å². The highest BCUT2D eigenvalue weighted by Gasteiger charge is 2.18. The van der Waals surface area contributed by atoms with Gasteiger partial charge in [0.15, 0.2) is 0 Å². The van der Waals surface area contributed by atoms with Crippen molar-refractivity contribution in [2.45, 2.75) is 0 Å². The fourth-order valence-corrected chi connectivity index (χ4v) is 8.42. The van der Waals surface area contributed by atoms with Crippen LogP contribution in [0.25, 0.3) is 82.5 Å². The SMILES string of the molecule is c1cc(-c2ccc(N(c3ccc(-c4cccc5c4oc4ccccc45)cc3)c3cccc4ccccc34)cc2)cc(-n2c3ccccc3c3ccccc32)c1. The molecular weight excluding hydrogens is 669 g/mol. The molecule has 258 valence electrons. The van der Waals surface area contributed by atoms with Gasteiger partial charge >= 0.3 is 0 Å². The maximum absolute atomic E-state index is 6.40. The van der Waals surface area contributed by atoms with Crippen LogP contribution in [-0.2, 0) is 0 Å². The van der Waals surface area contributed by atoms with E-state index in [9.17, 15) is 0 Å². The van der Waals surface area contributed by atoms with Crippen molar-refractivity contribution in [3.63, 3.8) is 0 Å². The number of para-hydroxylation sites is 4. The van der Waals surface area contributed by atoms with Crippen LogP contribution in [0.2, 0.25) is 0 Å². The topological polar surface area (TPSA) is 21.3 Å². The molecule has 11 aromatic rings. The Morgan fingerprint density at radius 2 is 0.945 bits per heavy atom. The van der Waals surface area contributed by atoms with Gasteiger partial charge in [-0.1, -0.05) is 146 Å². The molecule has 0 aliphatic rings. The summed E-state index contributed by atoms with van der Waals surface area (Å²) in [6.45, 7) is 0. The molecule has 0 unspecified atom stereocenters. The molecule has 0 spiro atoms. The van der Waals surface area contributed by atoms with Gasteiger partial charge in [0.2, 0.25) is 0 Å². The number of anilines is 3. The third-order valence-electron chi connectivity index (χ3n) is 11.0. The predicted molar refractivity (Wildman–Crippen MR) is 231 cm³/mol. The molecule has 0 saturated heterocycles. The van der Waals surface area contributed by atoms with Crippen LogP contribution in [0.5, 0.6) is 0 Å². The summed E-state index contributed by atoms with van der Waals surface area (Å²) in [6.07, 6.45) is 0. The molecule has 0 saturated carbocycles. The van der Waals surface area contributed by atoms with Gasteiger partial charge in [0, 0.05) is 49.6 Å². The van der Waals surface area contributed by atoms with Crippen molar-refractivity contribution in [3.05, 3.63) is 206 Å². The molecule has 55 heavy (non-hydrogen) atoms. The van der Waals surface area contributed by atoms with Crippen molar-refractivity contribution < 1.29 is 4.42 Å². The van der Waals surface area contributed by atoms with Crippen molar-refractivity contribution in [2.75, 3.05) is 4.90 Å². The third kappa shape index (κ3) is 5.13. The largest absolute Gasteiger partial charge is 0.455 e. The maximum Gasteiger partial charge on any atom is 0.143 e. The van der Waals surface area contributed by atoms with E-state index < -0.39 is 0 Å². The van der Waals surface area contributed by atoms with E-state index in [4.69, 9.17) is 4.42 Å². The number of hydrogen-bond acceptors (Lipinski definition) is 2. The zero-order chi connectivity index (χ0) is 36.3. The molecule has 2 heterocycles. The van der Waals surface area contributed by atoms with Crippen molar-refractivity contribution in [1.29, 1.82) is 0 Å². The fourth-order valence-electron chi connectivity index (χ4n) is 8.42. The second kappa shape index (κ2) is 12.6. The Labute approximate surface area is 318 Å². The first-order valence-corrected chi connectivity index (χ1v) is 18.8. The Bertz CT molecular complexity index is 3150. The lowest BCUT2D eigenvalue weighted by molar-refractivity contribution is 0.670. The molecule has 0 atom stereocenters. The van der Waals surface area contributed by atoms with Gasteiger partial charge in [-0.15, -0.1) is 0 Å². The second-order valence-electron chi connectivity index (χ2n) is 14.1. The van der Waals surface area contributed by atoms with E-state index in [2.05, 4.69) is 204 Å². The number of rotatable bonds is 6. The molecule has 0 radical (unpaired) electrons. The van der Waals surface area contributed by atoms with Gasteiger partial charge in [0.05, 0.1) is 16.7 Å². The van der Waals surface area contributed by atoms with Crippen LogP contribution in [0.3, 0.4) is 0 Å². The molecule has 3 heteroatoms. The van der Waals surface area contributed by atoms with E-state index in [0.29, 0.717) is 0 Å². The van der Waals surface area contributed by atoms with Crippen molar-refractivity contribution in [3.8, 4) is 27.9 Å². The summed E-state index contributed by atoms with van der Waals surface area (Å²) in [4.78, 5) is 2.37. The van der Waals surface area contributed by atoms with Gasteiger partial charge in [0.1, 0.15) is 11.2 Å². The minimum Gasteiger partial charge on any atom is -0.455 e. The molecule has 3 nitrogen and oxygen atoms in total. The van der Waals surface area contributed by atoms with Crippen LogP contribution in [-0.4, -0.2) is 4.57 Å². The second-order valence-corrected chi connectivity index (χ2v) is 14.1. The number of furan rings is 1. The summed E-state index contributed by atoms with van der Waals surface area (Å²) >= 11 is 0. The Hall–Kier alpha value is -7.36. The van der Waals surface area contributed by atoms with Crippen LogP contribution < -0.4 is 4.90 Å². The van der Waals surface area contributed by atoms with Crippen molar-refractivity contribution in [1.82, 2.24) is 4.57 Å². The van der Waals surface area contributed by atoms with E-state index in [1.165, 1.54) is 43.7 Å². The van der Waals surface area contributed by atoms with Gasteiger partial charge in [-0.05, 0) is 82.7 Å². The van der Waals surface area contributed by atoms with Crippen LogP contribution >= 0.6 is 0 Å². The number of aromatic nitrogens is 1. The number of benzene rings is 9. The Balaban J connectivity index is 0.999. The molecule has 2 aromatic heterocycles. The minimum atomic E-state index is 0.908. The highest BCUT2D eigenvalue weighted by Crippen LogP contribution is 2.42. The fraction of sp³-hybridized carbons (Fsp3) is 0. The number of fused-ring (bicyclic) bond motifs is 7. The first kappa shape index (κ1) is 31.2. The van der Waals surface area contributed by atoms with Gasteiger partial charge in [-0.25, -0.2) is 0 Å². The standard InChI is InChI=1S/C52H34N2O/c1-2-16-42-36(12-1)13-10-24-48(42)53(40-32-28-37(29-33-40)43-20-11-21-47-46-19-5-8-25-51(46)55-52(43)47)39-30-26-35(27-31-39)38-14-9-15-41(34-38)54-49-22-6-3-17-44(49)45-18-4-7-23-50(45)54/h1-34H. The van der Waals surface area contributed by atoms with Crippen LogP contribution in [0.15, 0.2) is 211 Å². The molecule has 0 fully saturated rings. The van der Waals surface area contributed by atoms with Crippen LogP contribution in [0.1, 0.15) is 0 Å². The van der Waals surface area contributed by atoms with Crippen molar-refractivity contribution >= 4 is 71.6 Å². The van der Waals surface area contributed by atoms with Gasteiger partial charge < -0.3 is 13.9 Å². The Kier molecular flexibility index (Phi) is 7.17. The average molecular weight is 703 g/mol. The summed E-state index contributed by atoms with van der Waals surface area (Å²) in [5.74, 6) is 0. The lowest BCUT2D eigenvalue weighted by Crippen LogP contribution is -2.10. The monoisotopic (exact) mass is 702 g/mol. The maximum atomic E-state index is 6.40. The third-order valence-corrected chi connectivity index (χ3v) is 11.0. The molecule has 9 aromatic carbocycles. The summed E-state index contributed by atoms with van der Waals surface area (Å²) in [5, 5.41) is 7.21. The van der Waals surface area contributed by atoms with Crippen molar-refractivity contribution in [2.24, 2.45) is 0 Å². The molecule has 0 aliphatic heterocycles. The quantitative estimate of drug-likeness (QED) is 0.172. The molecule has 0 aliphatic carbocycles. The van der Waals surface area contributed by atoms with Crippen LogP contribution in [0, 0.1) is 0 Å². The lowest BCUT2D eigenvalue weighted by Gasteiger charge is -2.27. The van der Waals surface area contributed by atoms with Crippen LogP contribution in [0.4, 0.5) is 17.1 Å². The average Bonchev–Trinajstić information content (AvgIpc) is 3.81. The number of hydrogen-bond donors (Lipinski definition) is 0. The zero-order valence-corrected chi connectivity index (χ0v) is 29.9. The molecule has 0 amide bonds.